The summed E-state index contributed by atoms with van der Waals surface area (Å²) in [5.41, 5.74) is 8.60. The van der Waals surface area contributed by atoms with Gasteiger partial charge in [0, 0.05) is 17.5 Å². The van der Waals surface area contributed by atoms with E-state index in [2.05, 4.69) is 6.58 Å². The molecule has 260 valence electrons. The van der Waals surface area contributed by atoms with Crippen molar-refractivity contribution in [1.82, 2.24) is 15.0 Å². The Morgan fingerprint density at radius 1 is 0.980 bits per heavy atom. The van der Waals surface area contributed by atoms with Crippen molar-refractivity contribution in [3.05, 3.63) is 102 Å². The maximum Gasteiger partial charge on any atom is 2.00 e. The van der Waals surface area contributed by atoms with Gasteiger partial charge in [0.15, 0.2) is 5.78 Å². The van der Waals surface area contributed by atoms with Crippen LogP contribution in [0.1, 0.15) is 106 Å². The SMILES string of the molecule is C=Cc1c2[n-]c(c1C)/C=C1\[N-]/C(=C3\c4[n-]c(c(C)c4C(=O)[C@@H]3C(=O)OC)/C=c3\[n-]/c(c(C=O)c3CC)=C/2)[C@@H](CCC(=O)OCC=C(C)C)[C@@H]1C.[Mg+2]. The molecular weight excluding hydrogens is 657 g/mol. The molecule has 2 aliphatic heterocycles. The van der Waals surface area contributed by atoms with Crippen molar-refractivity contribution >= 4 is 76.9 Å². The van der Waals surface area contributed by atoms with Gasteiger partial charge >= 0.3 is 35.0 Å². The number of hydrogen-bond donors (Lipinski definition) is 0. The van der Waals surface area contributed by atoms with Gasteiger partial charge in [-0.2, -0.15) is 11.4 Å². The third-order valence-corrected chi connectivity index (χ3v) is 10.0. The van der Waals surface area contributed by atoms with Gasteiger partial charge in [0.2, 0.25) is 0 Å². The smallest absolute Gasteiger partial charge is 0.664 e. The summed E-state index contributed by atoms with van der Waals surface area (Å²) < 4.78 is 10.6. The van der Waals surface area contributed by atoms with Gasteiger partial charge in [-0.3, -0.25) is 19.2 Å². The van der Waals surface area contributed by atoms with E-state index in [1.807, 2.05) is 46.8 Å². The molecule has 1 fully saturated rings. The molecule has 0 spiro atoms. The normalized spacial score (nSPS) is 22.3. The van der Waals surface area contributed by atoms with Crippen molar-refractivity contribution in [2.24, 2.45) is 17.8 Å². The molecule has 5 heterocycles. The summed E-state index contributed by atoms with van der Waals surface area (Å²) in [6, 6.07) is 0. The number of esters is 2. The van der Waals surface area contributed by atoms with Crippen LogP contribution in [0.25, 0.3) is 35.2 Å². The van der Waals surface area contributed by atoms with Crippen LogP contribution >= 0.6 is 0 Å². The quantitative estimate of drug-likeness (QED) is 0.104. The minimum atomic E-state index is -1.26. The van der Waals surface area contributed by atoms with Crippen molar-refractivity contribution < 1.29 is 28.7 Å². The van der Waals surface area contributed by atoms with E-state index in [4.69, 9.17) is 29.7 Å². The van der Waals surface area contributed by atoms with Gasteiger partial charge in [-0.1, -0.05) is 72.6 Å². The Morgan fingerprint density at radius 2 is 1.69 bits per heavy atom. The zero-order valence-electron chi connectivity index (χ0n) is 30.2. The first-order valence-electron chi connectivity index (χ1n) is 16.8. The van der Waals surface area contributed by atoms with Crippen LogP contribution in [-0.2, 0) is 25.5 Å². The standard InChI is InChI=1S/C40H41N4O6.Mg/c1-9-23-20(5)27-15-28-21(6)25(11-12-33(46)50-14-13-19(3)4)37(43-28)35-36(40(48)49-8)39(47)34-22(7)29(44-38(34)35)16-31-24(10-2)26(18-45)32(42-31)17-30(23)41-27;/h9,13,15-18,21,25,36H,1,10-12,14H2,2-8H3,(H-,43,44,45,47);/q-3;+2/p-1/b28-15-,32-17+;/t21-,25-,36+;/m0./s1. The molecule has 51 heavy (non-hydrogen) atoms. The monoisotopic (exact) mass is 696 g/mol. The minimum Gasteiger partial charge on any atom is -0.664 e. The second kappa shape index (κ2) is 14.9. The van der Waals surface area contributed by atoms with Crippen molar-refractivity contribution in [2.75, 3.05) is 13.7 Å². The Balaban J connectivity index is 0.00000504. The fourth-order valence-electron chi connectivity index (χ4n) is 7.24. The number of rotatable bonds is 9. The first kappa shape index (κ1) is 37.6. The molecule has 0 unspecified atom stereocenters. The van der Waals surface area contributed by atoms with Crippen LogP contribution in [0.15, 0.2) is 29.6 Å². The number of hydrogen-bond acceptors (Lipinski definition) is 6. The van der Waals surface area contributed by atoms with Crippen LogP contribution < -0.4 is 25.7 Å². The molecule has 1 saturated heterocycles. The summed E-state index contributed by atoms with van der Waals surface area (Å²) in [5.74, 6) is -3.30. The van der Waals surface area contributed by atoms with Gasteiger partial charge < -0.3 is 29.7 Å². The number of aldehydes is 1. The molecular formula is C40H40MgN4O6-2. The van der Waals surface area contributed by atoms with Crippen LogP contribution in [0, 0.1) is 31.6 Å². The summed E-state index contributed by atoms with van der Waals surface area (Å²) in [7, 11) is 1.25. The topological polar surface area (TPSA) is 143 Å². The van der Waals surface area contributed by atoms with Gasteiger partial charge in [-0.15, -0.1) is 33.5 Å². The maximum absolute atomic E-state index is 14.2. The van der Waals surface area contributed by atoms with Crippen LogP contribution in [0.3, 0.4) is 0 Å². The molecule has 0 N–H and O–H groups in total. The van der Waals surface area contributed by atoms with Crippen LogP contribution in [0.4, 0.5) is 0 Å². The summed E-state index contributed by atoms with van der Waals surface area (Å²) in [6.45, 7) is 15.8. The molecule has 0 aromatic carbocycles. The molecule has 3 aliphatic rings. The zero-order valence-corrected chi connectivity index (χ0v) is 31.6. The Hall–Kier alpha value is -4.61. The van der Waals surface area contributed by atoms with Crippen molar-refractivity contribution in [2.45, 2.75) is 60.8 Å². The zero-order chi connectivity index (χ0) is 36.0. The number of ether oxygens (including phenoxy) is 2. The van der Waals surface area contributed by atoms with Gasteiger partial charge in [-0.25, -0.2) is 0 Å². The average molecular weight is 697 g/mol. The Bertz CT molecular complexity index is 2190. The second-order valence-electron chi connectivity index (χ2n) is 13.2. The average Bonchev–Trinajstić information content (AvgIpc) is 3.83. The number of Topliss-reactive ketones (excluding diaryl/α,β-unsaturated/α-hetero) is 1. The predicted octanol–water partition coefficient (Wildman–Crippen LogP) is 4.45. The largest absolute Gasteiger partial charge is 2.00 e. The summed E-state index contributed by atoms with van der Waals surface area (Å²) >= 11 is 0. The van der Waals surface area contributed by atoms with Gasteiger partial charge in [-0.05, 0) is 64.0 Å². The number of aromatic nitrogens is 3. The molecule has 0 radical (unpaired) electrons. The fraction of sp³-hybridized carbons (Fsp3) is 0.350. The fourth-order valence-corrected chi connectivity index (χ4v) is 7.24. The summed E-state index contributed by atoms with van der Waals surface area (Å²) in [5, 5.41) is 6.17. The van der Waals surface area contributed by atoms with E-state index < -0.39 is 17.7 Å². The van der Waals surface area contributed by atoms with E-state index in [9.17, 15) is 19.2 Å². The number of ketones is 1. The van der Waals surface area contributed by atoms with Gasteiger partial charge in [0.1, 0.15) is 18.8 Å². The maximum atomic E-state index is 14.2. The predicted molar refractivity (Wildman–Crippen MR) is 196 cm³/mol. The van der Waals surface area contributed by atoms with E-state index in [1.165, 1.54) is 7.11 Å². The van der Waals surface area contributed by atoms with Gasteiger partial charge in [0.05, 0.1) is 7.11 Å². The Morgan fingerprint density at radius 3 is 2.33 bits per heavy atom. The van der Waals surface area contributed by atoms with Gasteiger partial charge in [0.25, 0.3) is 0 Å². The number of carbonyl (C=O) groups is 4. The van der Waals surface area contributed by atoms with Crippen LogP contribution in [-0.4, -0.2) is 60.8 Å². The third kappa shape index (κ3) is 6.53. The van der Waals surface area contributed by atoms with E-state index in [-0.39, 0.29) is 53.9 Å². The molecule has 3 aromatic rings. The first-order valence-corrected chi connectivity index (χ1v) is 16.8. The number of nitrogens with zero attached hydrogens (tertiary/aromatic N) is 4. The van der Waals surface area contributed by atoms with Crippen molar-refractivity contribution in [1.29, 1.82) is 0 Å². The Kier molecular flexibility index (Phi) is 11.0. The molecule has 3 aromatic heterocycles. The second-order valence-corrected chi connectivity index (χ2v) is 13.2. The summed E-state index contributed by atoms with van der Waals surface area (Å²) in [4.78, 5) is 67.6. The Labute approximate surface area is 313 Å². The number of fused-ring (bicyclic) bond motifs is 7. The third-order valence-electron chi connectivity index (χ3n) is 10.0. The first-order chi connectivity index (χ1) is 23.9. The van der Waals surface area contributed by atoms with Crippen molar-refractivity contribution in [3.8, 4) is 0 Å². The molecule has 6 rings (SSSR count). The number of methoxy groups -OCH3 is 1. The molecule has 1 aliphatic carbocycles. The molecule has 11 heteroatoms. The van der Waals surface area contributed by atoms with E-state index in [1.54, 1.807) is 25.2 Å². The molecule has 8 bridgehead atoms. The minimum absolute atomic E-state index is 0. The molecule has 0 amide bonds. The molecule has 10 nitrogen and oxygen atoms in total. The molecule has 3 atom stereocenters. The number of carbonyl (C=O) groups excluding carboxylic acids is 4. The van der Waals surface area contributed by atoms with E-state index in [0.29, 0.717) is 80.0 Å². The van der Waals surface area contributed by atoms with Crippen LogP contribution in [0.5, 0.6) is 0 Å². The number of allylic oxidation sites excluding steroid dienone is 3. The molecule has 0 saturated carbocycles. The van der Waals surface area contributed by atoms with Crippen molar-refractivity contribution in [3.63, 3.8) is 0 Å². The van der Waals surface area contributed by atoms with E-state index in [0.717, 1.165) is 28.5 Å². The van der Waals surface area contributed by atoms with Crippen LogP contribution in [0.2, 0.25) is 0 Å². The van der Waals surface area contributed by atoms with E-state index >= 15 is 0 Å². The summed E-state index contributed by atoms with van der Waals surface area (Å²) in [6.07, 6.45) is 10.9.